The van der Waals surface area contributed by atoms with E-state index in [1.807, 2.05) is 6.26 Å². The van der Waals surface area contributed by atoms with Crippen LogP contribution < -0.4 is 11.1 Å². The van der Waals surface area contributed by atoms with E-state index < -0.39 is 0 Å². The number of thioether (sulfide) groups is 1. The van der Waals surface area contributed by atoms with Crippen molar-refractivity contribution in [3.05, 3.63) is 0 Å². The number of hydrogen-bond donors (Lipinski definition) is 2. The van der Waals surface area contributed by atoms with Crippen LogP contribution in [0.15, 0.2) is 0 Å². The van der Waals surface area contributed by atoms with Crippen LogP contribution in [-0.4, -0.2) is 80.1 Å². The summed E-state index contributed by atoms with van der Waals surface area (Å²) in [4.78, 5) is 16.4. The van der Waals surface area contributed by atoms with E-state index in [1.54, 1.807) is 11.8 Å². The van der Waals surface area contributed by atoms with Gasteiger partial charge in [0.05, 0.1) is 6.04 Å². The smallest absolute Gasteiger partial charge is 0.237 e. The quantitative estimate of drug-likeness (QED) is 0.679. The van der Waals surface area contributed by atoms with E-state index in [2.05, 4.69) is 29.2 Å². The van der Waals surface area contributed by atoms with Gasteiger partial charge in [-0.05, 0) is 32.5 Å². The molecule has 1 aliphatic heterocycles. The highest BCUT2D eigenvalue weighted by Gasteiger charge is 2.23. The third-order valence-electron chi connectivity index (χ3n) is 3.46. The lowest BCUT2D eigenvalue weighted by Crippen LogP contribution is -2.55. The Morgan fingerprint density at radius 1 is 1.50 bits per heavy atom. The van der Waals surface area contributed by atoms with Crippen molar-refractivity contribution in [3.63, 3.8) is 0 Å². The first kappa shape index (κ1) is 15.8. The first-order valence-corrected chi connectivity index (χ1v) is 7.85. The van der Waals surface area contributed by atoms with Crippen molar-refractivity contribution >= 4 is 17.7 Å². The summed E-state index contributed by atoms with van der Waals surface area (Å²) in [6, 6.07) is 0.0181. The van der Waals surface area contributed by atoms with E-state index in [9.17, 15) is 4.79 Å². The van der Waals surface area contributed by atoms with E-state index in [1.165, 1.54) is 0 Å². The van der Waals surface area contributed by atoms with Gasteiger partial charge >= 0.3 is 0 Å². The van der Waals surface area contributed by atoms with Crippen LogP contribution >= 0.6 is 11.8 Å². The van der Waals surface area contributed by atoms with Crippen LogP contribution in [-0.2, 0) is 4.79 Å². The number of nitrogens with zero attached hydrogens (tertiary/aromatic N) is 2. The second-order valence-electron chi connectivity index (χ2n) is 5.03. The largest absolute Gasteiger partial charge is 0.353 e. The molecule has 0 saturated carbocycles. The van der Waals surface area contributed by atoms with Crippen molar-refractivity contribution in [1.82, 2.24) is 15.1 Å². The fourth-order valence-corrected chi connectivity index (χ4v) is 2.54. The Hall–Kier alpha value is -0.300. The van der Waals surface area contributed by atoms with Crippen LogP contribution in [0.2, 0.25) is 0 Å². The van der Waals surface area contributed by atoms with Crippen molar-refractivity contribution in [1.29, 1.82) is 0 Å². The van der Waals surface area contributed by atoms with Crippen molar-refractivity contribution in [3.8, 4) is 0 Å². The van der Waals surface area contributed by atoms with Gasteiger partial charge in [0.2, 0.25) is 5.91 Å². The van der Waals surface area contributed by atoms with E-state index in [0.29, 0.717) is 12.6 Å². The third kappa shape index (κ3) is 5.14. The number of amides is 1. The maximum atomic E-state index is 11.8. The highest BCUT2D eigenvalue weighted by atomic mass is 32.2. The van der Waals surface area contributed by atoms with Gasteiger partial charge in [0, 0.05) is 32.2 Å². The van der Waals surface area contributed by atoms with Crippen LogP contribution in [0.25, 0.3) is 0 Å². The average Bonchev–Trinajstić information content (AvgIpc) is 2.36. The highest BCUT2D eigenvalue weighted by molar-refractivity contribution is 7.98. The molecule has 6 heteroatoms. The molecule has 18 heavy (non-hydrogen) atoms. The average molecular weight is 274 g/mol. The van der Waals surface area contributed by atoms with Gasteiger partial charge in [0.25, 0.3) is 0 Å². The van der Waals surface area contributed by atoms with Crippen LogP contribution in [0.3, 0.4) is 0 Å². The van der Waals surface area contributed by atoms with Gasteiger partial charge in [-0.2, -0.15) is 11.8 Å². The molecule has 0 aromatic carbocycles. The van der Waals surface area contributed by atoms with Crippen LogP contribution in [0.4, 0.5) is 0 Å². The molecule has 5 nitrogen and oxygen atoms in total. The zero-order valence-corrected chi connectivity index (χ0v) is 12.5. The molecule has 0 aromatic rings. The van der Waals surface area contributed by atoms with Gasteiger partial charge in [0.1, 0.15) is 0 Å². The lowest BCUT2D eigenvalue weighted by Gasteiger charge is -2.37. The molecule has 1 saturated heterocycles. The van der Waals surface area contributed by atoms with Crippen LogP contribution in [0.5, 0.6) is 0 Å². The number of nitrogens with one attached hydrogen (secondary N) is 1. The summed E-state index contributed by atoms with van der Waals surface area (Å²) in [5.74, 6) is 0.909. The molecule has 1 unspecified atom stereocenters. The molecule has 1 heterocycles. The summed E-state index contributed by atoms with van der Waals surface area (Å²) in [6.45, 7) is 3.83. The molecular weight excluding hydrogens is 248 g/mol. The van der Waals surface area contributed by atoms with Gasteiger partial charge in [-0.1, -0.05) is 0 Å². The molecule has 1 amide bonds. The Morgan fingerprint density at radius 3 is 2.89 bits per heavy atom. The van der Waals surface area contributed by atoms with Crippen LogP contribution in [0, 0.1) is 0 Å². The predicted molar refractivity (Wildman–Crippen MR) is 77.9 cm³/mol. The normalized spacial score (nSPS) is 23.9. The molecule has 2 atom stereocenters. The second kappa shape index (κ2) is 7.99. The monoisotopic (exact) mass is 274 g/mol. The highest BCUT2D eigenvalue weighted by Crippen LogP contribution is 2.05. The third-order valence-corrected chi connectivity index (χ3v) is 4.11. The maximum absolute atomic E-state index is 11.8. The molecule has 1 aliphatic rings. The molecule has 1 fully saturated rings. The number of rotatable bonds is 6. The summed E-state index contributed by atoms with van der Waals surface area (Å²) in [5, 5.41) is 2.97. The molecule has 3 N–H and O–H groups in total. The summed E-state index contributed by atoms with van der Waals surface area (Å²) < 4.78 is 0. The number of piperazine rings is 1. The van der Waals surface area contributed by atoms with Gasteiger partial charge < -0.3 is 16.0 Å². The van der Waals surface area contributed by atoms with Crippen LogP contribution in [0.1, 0.15) is 6.42 Å². The second-order valence-corrected chi connectivity index (χ2v) is 6.02. The topological polar surface area (TPSA) is 61.6 Å². The molecule has 0 spiro atoms. The molecule has 1 rings (SSSR count). The molecule has 0 bridgehead atoms. The molecular formula is C12H26N4OS. The fraction of sp³-hybridized carbons (Fsp3) is 0.917. The summed E-state index contributed by atoms with van der Waals surface area (Å²) >= 11 is 1.72. The SMILES string of the molecule is CSCC[C@H](N)C(=O)NCC1CN(C)CCN1C. The van der Waals surface area contributed by atoms with Crippen molar-refractivity contribution in [2.45, 2.75) is 18.5 Å². The zero-order chi connectivity index (χ0) is 13.5. The number of likely N-dealkylation sites (N-methyl/N-ethyl adjacent to an activating group) is 2. The minimum absolute atomic E-state index is 0.0225. The number of hydrogen-bond acceptors (Lipinski definition) is 5. The number of nitrogens with two attached hydrogens (primary N) is 1. The Labute approximate surface area is 114 Å². The summed E-state index contributed by atoms with van der Waals surface area (Å²) in [5.41, 5.74) is 5.83. The maximum Gasteiger partial charge on any atom is 0.237 e. The van der Waals surface area contributed by atoms with Crippen molar-refractivity contribution < 1.29 is 4.79 Å². The molecule has 0 radical (unpaired) electrons. The van der Waals surface area contributed by atoms with Gasteiger partial charge in [0.15, 0.2) is 0 Å². The van der Waals surface area contributed by atoms with E-state index in [0.717, 1.165) is 31.8 Å². The predicted octanol–water partition coefficient (Wildman–Crippen LogP) is -0.571. The fourth-order valence-electron chi connectivity index (χ4n) is 2.05. The zero-order valence-electron chi connectivity index (χ0n) is 11.7. The number of carbonyl (C=O) groups is 1. The minimum atomic E-state index is -0.371. The minimum Gasteiger partial charge on any atom is -0.353 e. The van der Waals surface area contributed by atoms with Gasteiger partial charge in [-0.25, -0.2) is 0 Å². The van der Waals surface area contributed by atoms with Crippen molar-refractivity contribution in [2.75, 3.05) is 52.3 Å². The first-order chi connectivity index (χ1) is 8.54. The Kier molecular flexibility index (Phi) is 6.99. The molecule has 0 aliphatic carbocycles. The van der Waals surface area contributed by atoms with E-state index in [4.69, 9.17) is 5.73 Å². The van der Waals surface area contributed by atoms with E-state index in [-0.39, 0.29) is 11.9 Å². The van der Waals surface area contributed by atoms with Crippen molar-refractivity contribution in [2.24, 2.45) is 5.73 Å². The lowest BCUT2D eigenvalue weighted by molar-refractivity contribution is -0.122. The van der Waals surface area contributed by atoms with Gasteiger partial charge in [-0.15, -0.1) is 0 Å². The summed E-state index contributed by atoms with van der Waals surface area (Å²) in [7, 11) is 4.23. The lowest BCUT2D eigenvalue weighted by atomic mass is 10.1. The summed E-state index contributed by atoms with van der Waals surface area (Å²) in [6.07, 6.45) is 2.77. The molecule has 0 aromatic heterocycles. The standard InChI is InChI=1S/C12H26N4OS/c1-15-5-6-16(2)10(9-15)8-14-12(17)11(13)4-7-18-3/h10-11H,4-9,13H2,1-3H3,(H,14,17)/t10?,11-/m0/s1. The molecule has 106 valence electrons. The van der Waals surface area contributed by atoms with E-state index >= 15 is 0 Å². The Balaban J connectivity index is 2.28. The first-order valence-electron chi connectivity index (χ1n) is 6.45. The number of carbonyl (C=O) groups excluding carboxylic acids is 1. The Morgan fingerprint density at radius 2 is 2.22 bits per heavy atom. The Bertz CT molecular complexity index is 264. The van der Waals surface area contributed by atoms with Gasteiger partial charge in [-0.3, -0.25) is 9.69 Å².